The fourth-order valence-corrected chi connectivity index (χ4v) is 3.01. The first kappa shape index (κ1) is 27.9. The second kappa shape index (κ2) is 10.5. The normalized spacial score (nSPS) is 14.1. The average Bonchev–Trinajstić information content (AvgIpc) is 2.78. The van der Waals surface area contributed by atoms with Crippen LogP contribution in [-0.2, 0) is 0 Å². The molecule has 0 fully saturated rings. The number of hydrogen-bond donors (Lipinski definition) is 0. The molecule has 35 heavy (non-hydrogen) atoms. The van der Waals surface area contributed by atoms with Crippen LogP contribution < -0.4 is 4.90 Å². The summed E-state index contributed by atoms with van der Waals surface area (Å²) < 4.78 is 61.2. The van der Waals surface area contributed by atoms with Gasteiger partial charge in [-0.05, 0) is 34.9 Å². The molecule has 9 heteroatoms. The van der Waals surface area contributed by atoms with Gasteiger partial charge in [0.05, 0.1) is 0 Å². The third-order valence-corrected chi connectivity index (χ3v) is 4.53. The first-order valence-corrected chi connectivity index (χ1v) is 12.5. The fourth-order valence-electron chi connectivity index (χ4n) is 3.01. The summed E-state index contributed by atoms with van der Waals surface area (Å²) in [6.45, 7) is 0. The Morgan fingerprint density at radius 2 is 1.09 bits per heavy atom. The van der Waals surface area contributed by atoms with E-state index in [1.807, 2.05) is 20.2 Å². The van der Waals surface area contributed by atoms with E-state index in [0.29, 0.717) is 0 Å². The molecule has 0 amide bonds. The van der Waals surface area contributed by atoms with Crippen LogP contribution >= 0.6 is 7.81 Å². The first-order chi connectivity index (χ1) is 16.1. The van der Waals surface area contributed by atoms with Crippen molar-refractivity contribution in [2.75, 3.05) is 26.0 Å². The zero-order valence-electron chi connectivity index (χ0n) is 19.5. The molecule has 0 saturated heterocycles. The molecule has 0 spiro atoms. The zero-order chi connectivity index (χ0) is 26.2. The molecule has 0 aliphatic carbocycles. The van der Waals surface area contributed by atoms with Crippen LogP contribution in [0.15, 0.2) is 103 Å². The van der Waals surface area contributed by atoms with E-state index >= 15 is 0 Å². The molecule has 2 nitrogen and oxygen atoms in total. The van der Waals surface area contributed by atoms with Gasteiger partial charge in [0.25, 0.3) is 0 Å². The average molecular weight is 512 g/mol. The maximum atomic E-state index is 9.87. The van der Waals surface area contributed by atoms with Crippen LogP contribution in [0.1, 0.15) is 11.1 Å². The summed E-state index contributed by atoms with van der Waals surface area (Å²) in [6, 6.07) is 31.5. The van der Waals surface area contributed by atoms with Crippen molar-refractivity contribution in [1.82, 2.24) is 0 Å². The van der Waals surface area contributed by atoms with Crippen LogP contribution in [0, 0.1) is 0 Å². The van der Waals surface area contributed by atoms with Crippen molar-refractivity contribution in [3.8, 4) is 0 Å². The Morgan fingerprint density at radius 3 is 1.51 bits per heavy atom. The molecular formula is C26H27F6N2P. The molecule has 0 N–H and O–H groups in total. The molecule has 0 aromatic heterocycles. The van der Waals surface area contributed by atoms with Crippen LogP contribution in [0.5, 0.6) is 0 Å². The van der Waals surface area contributed by atoms with Crippen LogP contribution in [0.2, 0.25) is 0 Å². The Balaban J connectivity index is 0.000000540. The van der Waals surface area contributed by atoms with E-state index in [0.717, 1.165) is 17.0 Å². The van der Waals surface area contributed by atoms with Crippen molar-refractivity contribution < 1.29 is 29.8 Å². The number of allylic oxidation sites excluding steroid dienone is 3. The SMILES string of the molecule is CN(/C(=C/C(=C/C=[N+](C)C)c1ccccc1)c1ccccc1)c1ccccc1.F[P-](F)(F)(F)(F)F. The minimum atomic E-state index is -10.7. The Hall–Kier alpha value is -3.38. The molecule has 3 aromatic carbocycles. The van der Waals surface area contributed by atoms with Crippen molar-refractivity contribution in [2.45, 2.75) is 0 Å². The first-order valence-electron chi connectivity index (χ1n) is 10.5. The van der Waals surface area contributed by atoms with E-state index in [1.165, 1.54) is 11.1 Å². The van der Waals surface area contributed by atoms with Crippen molar-refractivity contribution in [1.29, 1.82) is 0 Å². The number of anilines is 1. The molecular weight excluding hydrogens is 485 g/mol. The van der Waals surface area contributed by atoms with Gasteiger partial charge >= 0.3 is 33.0 Å². The van der Waals surface area contributed by atoms with E-state index in [1.54, 1.807) is 0 Å². The summed E-state index contributed by atoms with van der Waals surface area (Å²) >= 11 is 0. The molecule has 0 aliphatic rings. The van der Waals surface area contributed by atoms with Crippen LogP contribution in [0.25, 0.3) is 11.3 Å². The van der Waals surface area contributed by atoms with Gasteiger partial charge in [-0.3, -0.25) is 0 Å². The third-order valence-electron chi connectivity index (χ3n) is 4.53. The molecule has 3 rings (SSSR count). The minimum absolute atomic E-state index is 1.15. The van der Waals surface area contributed by atoms with Gasteiger partial charge in [0, 0.05) is 24.5 Å². The monoisotopic (exact) mass is 512 g/mol. The van der Waals surface area contributed by atoms with Crippen molar-refractivity contribution in [3.63, 3.8) is 0 Å². The predicted octanol–water partition coefficient (Wildman–Crippen LogP) is 8.97. The molecule has 0 bridgehead atoms. The molecule has 0 unspecified atom stereocenters. The van der Waals surface area contributed by atoms with Crippen LogP contribution in [-0.4, -0.2) is 31.9 Å². The second-order valence-electron chi connectivity index (χ2n) is 7.85. The fraction of sp³-hybridized carbons (Fsp3) is 0.115. The van der Waals surface area contributed by atoms with Gasteiger partial charge in [-0.25, -0.2) is 4.58 Å². The number of nitrogens with zero attached hydrogens (tertiary/aromatic N) is 2. The number of para-hydroxylation sites is 1. The summed E-state index contributed by atoms with van der Waals surface area (Å²) in [5.41, 5.74) is 5.84. The number of halogens is 6. The standard InChI is InChI=1S/C26H27N2.F6P/c1-27(2)20-19-24(22-13-7-4-8-14-22)21-26(23-15-9-5-10-16-23)28(3)25-17-11-6-12-18-25;1-7(2,3,4,5)6/h4-21H,1-3H3;/q+1;-1. The topological polar surface area (TPSA) is 6.25 Å². The van der Waals surface area contributed by atoms with Crippen LogP contribution in [0.4, 0.5) is 30.9 Å². The van der Waals surface area contributed by atoms with Gasteiger partial charge in [0.1, 0.15) is 14.1 Å². The molecule has 0 heterocycles. The molecule has 3 aromatic rings. The predicted molar refractivity (Wildman–Crippen MR) is 135 cm³/mol. The Labute approximate surface area is 201 Å². The van der Waals surface area contributed by atoms with Gasteiger partial charge < -0.3 is 4.90 Å². The van der Waals surface area contributed by atoms with Crippen molar-refractivity contribution in [3.05, 3.63) is 114 Å². The molecule has 0 atom stereocenters. The van der Waals surface area contributed by atoms with E-state index in [-0.39, 0.29) is 0 Å². The van der Waals surface area contributed by atoms with Gasteiger partial charge in [-0.1, -0.05) is 78.9 Å². The van der Waals surface area contributed by atoms with Gasteiger partial charge in [0.15, 0.2) is 6.21 Å². The zero-order valence-corrected chi connectivity index (χ0v) is 20.4. The Bertz CT molecular complexity index is 1170. The van der Waals surface area contributed by atoms with Crippen LogP contribution in [0.3, 0.4) is 0 Å². The van der Waals surface area contributed by atoms with E-state index in [2.05, 4.69) is 120 Å². The summed E-state index contributed by atoms with van der Waals surface area (Å²) in [7, 11) is -4.46. The molecule has 188 valence electrons. The van der Waals surface area contributed by atoms with E-state index in [4.69, 9.17) is 0 Å². The number of rotatable bonds is 6. The van der Waals surface area contributed by atoms with E-state index < -0.39 is 7.81 Å². The number of hydrogen-bond acceptors (Lipinski definition) is 1. The Kier molecular flexibility index (Phi) is 8.35. The van der Waals surface area contributed by atoms with Gasteiger partial charge in [-0.2, -0.15) is 0 Å². The molecule has 0 radical (unpaired) electrons. The number of benzene rings is 3. The summed E-state index contributed by atoms with van der Waals surface area (Å²) in [5, 5.41) is 0. The van der Waals surface area contributed by atoms with E-state index in [9.17, 15) is 25.2 Å². The maximum absolute atomic E-state index is 10.7. The summed E-state index contributed by atoms with van der Waals surface area (Å²) in [5.74, 6) is 0. The molecule has 0 saturated carbocycles. The van der Waals surface area contributed by atoms with Gasteiger partial charge in [-0.15, -0.1) is 0 Å². The van der Waals surface area contributed by atoms with Gasteiger partial charge in [0.2, 0.25) is 0 Å². The summed E-state index contributed by atoms with van der Waals surface area (Å²) in [6.07, 6.45) is 6.51. The quantitative estimate of drug-likeness (QED) is 0.105. The van der Waals surface area contributed by atoms with Crippen molar-refractivity contribution >= 4 is 31.0 Å². The van der Waals surface area contributed by atoms with Crippen molar-refractivity contribution in [2.24, 2.45) is 0 Å². The summed E-state index contributed by atoms with van der Waals surface area (Å²) in [4.78, 5) is 2.24. The Morgan fingerprint density at radius 1 is 0.686 bits per heavy atom. The molecule has 0 aliphatic heterocycles. The second-order valence-corrected chi connectivity index (χ2v) is 9.77. The third kappa shape index (κ3) is 12.1.